The fraction of sp³-hybridized carbons (Fsp3) is 0.368. The third kappa shape index (κ3) is 3.06. The maximum absolute atomic E-state index is 13.2. The molecule has 2 atom stereocenters. The van der Waals surface area contributed by atoms with Crippen LogP contribution in [0.2, 0.25) is 0 Å². The Hall–Kier alpha value is -3.56. The number of rotatable bonds is 3. The molecule has 0 radical (unpaired) electrons. The molecule has 148 valence electrons. The minimum absolute atomic E-state index is 0.00153. The van der Waals surface area contributed by atoms with Gasteiger partial charge in [-0.05, 0) is 18.1 Å². The van der Waals surface area contributed by atoms with E-state index in [0.29, 0.717) is 36.4 Å². The van der Waals surface area contributed by atoms with Gasteiger partial charge in [-0.1, -0.05) is 6.07 Å². The zero-order valence-electron chi connectivity index (χ0n) is 15.5. The molecule has 0 saturated carbocycles. The van der Waals surface area contributed by atoms with Gasteiger partial charge >= 0.3 is 0 Å². The highest BCUT2D eigenvalue weighted by Gasteiger charge is 2.45. The summed E-state index contributed by atoms with van der Waals surface area (Å²) in [7, 11) is 0. The fourth-order valence-corrected chi connectivity index (χ4v) is 4.34. The van der Waals surface area contributed by atoms with Crippen molar-refractivity contribution in [3.05, 3.63) is 52.1 Å². The van der Waals surface area contributed by atoms with Gasteiger partial charge in [0.1, 0.15) is 5.52 Å². The summed E-state index contributed by atoms with van der Waals surface area (Å²) in [6, 6.07) is 4.74. The van der Waals surface area contributed by atoms with Crippen molar-refractivity contribution in [3.8, 4) is 0 Å². The number of H-pyrrole nitrogens is 2. The molecule has 3 aromatic rings. The summed E-state index contributed by atoms with van der Waals surface area (Å²) in [5, 5.41) is 10.5. The zero-order chi connectivity index (χ0) is 20.0. The first-order chi connectivity index (χ1) is 14.1. The molecule has 10 nitrogen and oxygen atoms in total. The lowest BCUT2D eigenvalue weighted by Crippen LogP contribution is -2.41. The van der Waals surface area contributed by atoms with E-state index in [0.717, 1.165) is 12.0 Å². The maximum Gasteiger partial charge on any atom is 0.256 e. The molecule has 2 saturated heterocycles. The molecule has 2 aliphatic heterocycles. The number of hydrogen-bond acceptors (Lipinski definition) is 6. The van der Waals surface area contributed by atoms with E-state index in [4.69, 9.17) is 0 Å². The highest BCUT2D eigenvalue weighted by Crippen LogP contribution is 2.33. The first-order valence-electron chi connectivity index (χ1n) is 9.52. The number of aromatic nitrogens is 5. The van der Waals surface area contributed by atoms with E-state index < -0.39 is 0 Å². The normalized spacial score (nSPS) is 21.0. The average molecular weight is 393 g/mol. The molecule has 0 aromatic carbocycles. The number of aromatic amines is 2. The van der Waals surface area contributed by atoms with Gasteiger partial charge in [-0.3, -0.25) is 14.4 Å². The summed E-state index contributed by atoms with van der Waals surface area (Å²) in [5.41, 5.74) is 1.93. The maximum atomic E-state index is 13.2. The van der Waals surface area contributed by atoms with E-state index >= 15 is 0 Å². The van der Waals surface area contributed by atoms with Crippen LogP contribution in [0.4, 0.5) is 0 Å². The van der Waals surface area contributed by atoms with Crippen LogP contribution in [0.15, 0.2) is 35.4 Å². The number of fused-ring (bicyclic) bond motifs is 2. The Balaban J connectivity index is 1.31. The number of nitrogens with zero attached hydrogens (tertiary/aromatic N) is 5. The Kier molecular flexibility index (Phi) is 4.11. The third-order valence-corrected chi connectivity index (χ3v) is 5.82. The molecule has 2 aliphatic rings. The first kappa shape index (κ1) is 17.5. The largest absolute Gasteiger partial charge is 0.340 e. The van der Waals surface area contributed by atoms with Crippen molar-refractivity contribution in [2.75, 3.05) is 19.6 Å². The number of carbonyl (C=O) groups excluding carboxylic acids is 2. The summed E-state index contributed by atoms with van der Waals surface area (Å²) in [4.78, 5) is 47.4. The van der Waals surface area contributed by atoms with Crippen LogP contribution < -0.4 is 5.56 Å². The lowest BCUT2D eigenvalue weighted by atomic mass is 10.0. The molecule has 3 aromatic heterocycles. The molecular formula is C19H19N7O3. The Morgan fingerprint density at radius 3 is 2.90 bits per heavy atom. The van der Waals surface area contributed by atoms with Gasteiger partial charge in [0, 0.05) is 44.0 Å². The van der Waals surface area contributed by atoms with Gasteiger partial charge in [0.05, 0.1) is 18.0 Å². The van der Waals surface area contributed by atoms with Crippen molar-refractivity contribution in [1.82, 2.24) is 35.2 Å². The summed E-state index contributed by atoms with van der Waals surface area (Å²) in [5.74, 6) is 0.170. The van der Waals surface area contributed by atoms with Crippen LogP contribution >= 0.6 is 0 Å². The van der Waals surface area contributed by atoms with Gasteiger partial charge in [-0.25, -0.2) is 4.98 Å². The van der Waals surface area contributed by atoms with Crippen LogP contribution in [0, 0.1) is 5.92 Å². The summed E-state index contributed by atoms with van der Waals surface area (Å²) < 4.78 is 0. The Morgan fingerprint density at radius 1 is 1.17 bits per heavy atom. The van der Waals surface area contributed by atoms with Crippen LogP contribution in [-0.4, -0.2) is 72.7 Å². The van der Waals surface area contributed by atoms with Gasteiger partial charge in [0.2, 0.25) is 17.1 Å². The summed E-state index contributed by atoms with van der Waals surface area (Å²) in [6.07, 6.45) is 4.22. The monoisotopic (exact) mass is 393 g/mol. The lowest BCUT2D eigenvalue weighted by Gasteiger charge is -2.25. The second kappa shape index (κ2) is 6.80. The molecule has 5 rings (SSSR count). The predicted molar refractivity (Wildman–Crippen MR) is 102 cm³/mol. The zero-order valence-corrected chi connectivity index (χ0v) is 15.5. The van der Waals surface area contributed by atoms with E-state index in [1.165, 1.54) is 6.07 Å². The quantitative estimate of drug-likeness (QED) is 0.642. The number of nitrogens with one attached hydrogen (secondary N) is 2. The van der Waals surface area contributed by atoms with E-state index in [1.54, 1.807) is 24.5 Å². The molecule has 2 amide bonds. The van der Waals surface area contributed by atoms with Gasteiger partial charge in [-0.2, -0.15) is 10.3 Å². The molecule has 10 heteroatoms. The van der Waals surface area contributed by atoms with Crippen molar-refractivity contribution < 1.29 is 9.59 Å². The second-order valence-electron chi connectivity index (χ2n) is 7.51. The number of hydrogen-bond donors (Lipinski definition) is 2. The van der Waals surface area contributed by atoms with Crippen molar-refractivity contribution in [2.24, 2.45) is 5.92 Å². The van der Waals surface area contributed by atoms with Gasteiger partial charge < -0.3 is 14.8 Å². The topological polar surface area (TPSA) is 128 Å². The minimum atomic E-state index is -0.191. The molecule has 29 heavy (non-hydrogen) atoms. The van der Waals surface area contributed by atoms with Crippen molar-refractivity contribution in [3.63, 3.8) is 0 Å². The van der Waals surface area contributed by atoms with Gasteiger partial charge in [0.25, 0.3) is 5.91 Å². The Labute approximate surface area is 164 Å². The van der Waals surface area contributed by atoms with E-state index in [-0.39, 0.29) is 35.8 Å². The number of carbonyl (C=O) groups is 2. The van der Waals surface area contributed by atoms with Crippen LogP contribution in [-0.2, 0) is 11.2 Å². The van der Waals surface area contributed by atoms with E-state index in [2.05, 4.69) is 25.4 Å². The minimum Gasteiger partial charge on any atom is -0.340 e. The molecular weight excluding hydrogens is 374 g/mol. The van der Waals surface area contributed by atoms with Crippen LogP contribution in [0.5, 0.6) is 0 Å². The number of pyridine rings is 2. The van der Waals surface area contributed by atoms with Crippen molar-refractivity contribution in [1.29, 1.82) is 0 Å². The Bertz CT molecular complexity index is 1130. The smallest absolute Gasteiger partial charge is 0.256 e. The molecule has 2 fully saturated rings. The van der Waals surface area contributed by atoms with Crippen LogP contribution in [0.3, 0.4) is 0 Å². The first-order valence-corrected chi connectivity index (χ1v) is 9.52. The van der Waals surface area contributed by atoms with E-state index in [9.17, 15) is 14.4 Å². The number of likely N-dealkylation sites (tertiary alicyclic amines) is 2. The molecule has 0 spiro atoms. The van der Waals surface area contributed by atoms with Crippen LogP contribution in [0.1, 0.15) is 22.3 Å². The van der Waals surface area contributed by atoms with Crippen LogP contribution in [0.25, 0.3) is 11.2 Å². The average Bonchev–Trinajstić information content (AvgIpc) is 3.44. The lowest BCUT2D eigenvalue weighted by molar-refractivity contribution is -0.129. The molecule has 0 aliphatic carbocycles. The fourth-order valence-electron chi connectivity index (χ4n) is 4.34. The van der Waals surface area contributed by atoms with E-state index in [1.807, 2.05) is 9.80 Å². The van der Waals surface area contributed by atoms with Crippen molar-refractivity contribution >= 4 is 23.0 Å². The molecule has 5 heterocycles. The van der Waals surface area contributed by atoms with Gasteiger partial charge in [-0.15, -0.1) is 5.10 Å². The SMILES string of the molecule is O=C(Cc1ccc(=O)[nH]c1)N1C[C@@H]2CCN(C(=O)c3ccnc4n[nH]nc34)[C@@H]2C1. The van der Waals surface area contributed by atoms with Gasteiger partial charge in [0.15, 0.2) is 0 Å². The summed E-state index contributed by atoms with van der Waals surface area (Å²) >= 11 is 0. The highest BCUT2D eigenvalue weighted by atomic mass is 16.2. The number of amides is 2. The second-order valence-corrected chi connectivity index (χ2v) is 7.51. The predicted octanol–water partition coefficient (Wildman–Crippen LogP) is -0.0432. The Morgan fingerprint density at radius 2 is 2.07 bits per heavy atom. The standard InChI is InChI=1S/C19H19N7O3/c27-15-2-1-11(8-21-15)7-16(28)25-9-12-4-6-26(14(12)10-25)19(29)13-3-5-20-18-17(13)22-24-23-18/h1-3,5,8,12,14H,4,6-7,9-10H2,(H,21,27)(H,20,22,23,24)/t12-,14+/m0/s1. The molecule has 0 unspecified atom stereocenters. The molecule has 0 bridgehead atoms. The summed E-state index contributed by atoms with van der Waals surface area (Å²) in [6.45, 7) is 1.83. The molecule has 2 N–H and O–H groups in total. The highest BCUT2D eigenvalue weighted by molar-refractivity contribution is 6.04. The third-order valence-electron chi connectivity index (χ3n) is 5.82. The van der Waals surface area contributed by atoms with Crippen molar-refractivity contribution in [2.45, 2.75) is 18.9 Å².